The number of anilines is 1. The minimum absolute atomic E-state index is 0.573. The van der Waals surface area contributed by atoms with Crippen LogP contribution < -0.4 is 5.32 Å². The molecule has 0 saturated carbocycles. The zero-order chi connectivity index (χ0) is 10.8. The maximum absolute atomic E-state index is 4.40. The van der Waals surface area contributed by atoms with E-state index in [1.165, 1.54) is 30.5 Å². The van der Waals surface area contributed by atoms with Crippen LogP contribution in [-0.4, -0.2) is 30.5 Å². The predicted molar refractivity (Wildman–Crippen MR) is 63.1 cm³/mol. The molecule has 1 fully saturated rings. The lowest BCUT2D eigenvalue weighted by atomic mass is 10.0. The Hall–Kier alpha value is -1.09. The van der Waals surface area contributed by atoms with Gasteiger partial charge in [0.15, 0.2) is 0 Å². The predicted octanol–water partition coefficient (Wildman–Crippen LogP) is 2.20. The van der Waals surface area contributed by atoms with Crippen LogP contribution in [0.1, 0.15) is 30.0 Å². The van der Waals surface area contributed by atoms with Crippen LogP contribution in [0.4, 0.5) is 5.82 Å². The highest BCUT2D eigenvalue weighted by molar-refractivity contribution is 5.41. The fourth-order valence-corrected chi connectivity index (χ4v) is 2.36. The van der Waals surface area contributed by atoms with Gasteiger partial charge in [-0.2, -0.15) is 0 Å². The number of rotatable bonds is 2. The first-order chi connectivity index (χ1) is 7.22. The molecule has 1 saturated heterocycles. The van der Waals surface area contributed by atoms with Gasteiger partial charge in [-0.25, -0.2) is 4.98 Å². The van der Waals surface area contributed by atoms with Gasteiger partial charge in [0.25, 0.3) is 0 Å². The zero-order valence-electron chi connectivity index (χ0n) is 9.75. The van der Waals surface area contributed by atoms with Crippen LogP contribution >= 0.6 is 0 Å². The minimum Gasteiger partial charge on any atom is -0.373 e. The van der Waals surface area contributed by atoms with Crippen molar-refractivity contribution in [3.8, 4) is 0 Å². The molecule has 1 aromatic heterocycles. The van der Waals surface area contributed by atoms with Crippen molar-refractivity contribution in [3.05, 3.63) is 23.4 Å². The molecule has 15 heavy (non-hydrogen) atoms. The number of nitrogens with zero attached hydrogens (tertiary/aromatic N) is 2. The number of hydrogen-bond acceptors (Lipinski definition) is 3. The largest absolute Gasteiger partial charge is 0.373 e. The van der Waals surface area contributed by atoms with Crippen LogP contribution in [0, 0.1) is 6.92 Å². The van der Waals surface area contributed by atoms with E-state index in [1.807, 2.05) is 13.2 Å². The van der Waals surface area contributed by atoms with E-state index in [0.717, 1.165) is 5.82 Å². The van der Waals surface area contributed by atoms with Gasteiger partial charge in [-0.1, -0.05) is 0 Å². The van der Waals surface area contributed by atoms with E-state index in [1.54, 1.807) is 0 Å². The molecule has 2 heterocycles. The van der Waals surface area contributed by atoms with Crippen molar-refractivity contribution >= 4 is 5.82 Å². The van der Waals surface area contributed by atoms with Gasteiger partial charge in [0, 0.05) is 19.3 Å². The van der Waals surface area contributed by atoms with Gasteiger partial charge in [-0.3, -0.25) is 4.90 Å². The van der Waals surface area contributed by atoms with Crippen molar-refractivity contribution < 1.29 is 0 Å². The van der Waals surface area contributed by atoms with E-state index in [4.69, 9.17) is 0 Å². The van der Waals surface area contributed by atoms with E-state index >= 15 is 0 Å². The number of aromatic nitrogens is 1. The molecule has 1 N–H and O–H groups in total. The molecule has 82 valence electrons. The molecule has 0 bridgehead atoms. The van der Waals surface area contributed by atoms with Gasteiger partial charge < -0.3 is 5.32 Å². The average molecular weight is 205 g/mol. The van der Waals surface area contributed by atoms with Gasteiger partial charge in [0.05, 0.1) is 0 Å². The van der Waals surface area contributed by atoms with Gasteiger partial charge in [0.2, 0.25) is 0 Å². The lowest BCUT2D eigenvalue weighted by molar-refractivity contribution is 0.316. The van der Waals surface area contributed by atoms with Crippen LogP contribution in [0.2, 0.25) is 0 Å². The lowest BCUT2D eigenvalue weighted by Gasteiger charge is -2.21. The molecule has 3 heteroatoms. The molecule has 1 aliphatic heterocycles. The SMILES string of the molecule is CNc1cc(C)c(C2CCCN2C)cn1. The highest BCUT2D eigenvalue weighted by atomic mass is 15.1. The maximum atomic E-state index is 4.40. The number of nitrogens with one attached hydrogen (secondary N) is 1. The second-order valence-corrected chi connectivity index (χ2v) is 4.31. The monoisotopic (exact) mass is 205 g/mol. The summed E-state index contributed by atoms with van der Waals surface area (Å²) in [6.45, 7) is 3.38. The van der Waals surface area contributed by atoms with E-state index in [9.17, 15) is 0 Å². The Balaban J connectivity index is 2.28. The molecule has 1 aromatic rings. The quantitative estimate of drug-likeness (QED) is 0.802. The van der Waals surface area contributed by atoms with E-state index in [-0.39, 0.29) is 0 Å². The number of likely N-dealkylation sites (tertiary alicyclic amines) is 1. The summed E-state index contributed by atoms with van der Waals surface area (Å²) in [4.78, 5) is 6.82. The van der Waals surface area contributed by atoms with Gasteiger partial charge >= 0.3 is 0 Å². The fraction of sp³-hybridized carbons (Fsp3) is 0.583. The van der Waals surface area contributed by atoms with E-state index in [2.05, 4.69) is 35.2 Å². The third kappa shape index (κ3) is 1.97. The smallest absolute Gasteiger partial charge is 0.125 e. The highest BCUT2D eigenvalue weighted by Gasteiger charge is 2.24. The Bertz CT molecular complexity index is 349. The Kier molecular flexibility index (Phi) is 2.91. The van der Waals surface area contributed by atoms with Crippen LogP contribution in [0.3, 0.4) is 0 Å². The lowest BCUT2D eigenvalue weighted by Crippen LogP contribution is -2.18. The fourth-order valence-electron chi connectivity index (χ4n) is 2.36. The topological polar surface area (TPSA) is 28.2 Å². The highest BCUT2D eigenvalue weighted by Crippen LogP contribution is 2.32. The molecule has 0 radical (unpaired) electrons. The molecule has 0 amide bonds. The summed E-state index contributed by atoms with van der Waals surface area (Å²) < 4.78 is 0. The first kappa shape index (κ1) is 10.4. The molecule has 0 aromatic carbocycles. The summed E-state index contributed by atoms with van der Waals surface area (Å²) in [6, 6.07) is 2.70. The second kappa shape index (κ2) is 4.19. The normalized spacial score (nSPS) is 21.9. The Morgan fingerprint density at radius 2 is 2.33 bits per heavy atom. The molecular formula is C12H19N3. The summed E-state index contributed by atoms with van der Waals surface area (Å²) in [7, 11) is 4.10. The molecular weight excluding hydrogens is 186 g/mol. The molecule has 3 nitrogen and oxygen atoms in total. The summed E-state index contributed by atoms with van der Waals surface area (Å²) in [5.41, 5.74) is 2.72. The van der Waals surface area contributed by atoms with Crippen molar-refractivity contribution in [3.63, 3.8) is 0 Å². The summed E-state index contributed by atoms with van der Waals surface area (Å²) in [6.07, 6.45) is 4.58. The van der Waals surface area contributed by atoms with Crippen LogP contribution in [-0.2, 0) is 0 Å². The van der Waals surface area contributed by atoms with Crippen molar-refractivity contribution in [2.45, 2.75) is 25.8 Å². The third-order valence-corrected chi connectivity index (χ3v) is 3.29. The average Bonchev–Trinajstić information content (AvgIpc) is 2.64. The summed E-state index contributed by atoms with van der Waals surface area (Å²) in [5, 5.41) is 3.07. The standard InChI is InChI=1S/C12H19N3/c1-9-7-12(13-2)14-8-10(9)11-5-4-6-15(11)3/h7-8,11H,4-6H2,1-3H3,(H,13,14). The second-order valence-electron chi connectivity index (χ2n) is 4.31. The molecule has 1 unspecified atom stereocenters. The van der Waals surface area contributed by atoms with Gasteiger partial charge in [-0.15, -0.1) is 0 Å². The van der Waals surface area contributed by atoms with Crippen LogP contribution in [0.15, 0.2) is 12.3 Å². The third-order valence-electron chi connectivity index (χ3n) is 3.29. The Morgan fingerprint density at radius 1 is 1.53 bits per heavy atom. The first-order valence-corrected chi connectivity index (χ1v) is 5.57. The van der Waals surface area contributed by atoms with Gasteiger partial charge in [0.1, 0.15) is 5.82 Å². The maximum Gasteiger partial charge on any atom is 0.125 e. The number of aryl methyl sites for hydroxylation is 1. The number of pyridine rings is 1. The first-order valence-electron chi connectivity index (χ1n) is 5.57. The van der Waals surface area contributed by atoms with Crippen molar-refractivity contribution in [2.24, 2.45) is 0 Å². The molecule has 1 atom stereocenters. The molecule has 0 spiro atoms. The Morgan fingerprint density at radius 3 is 2.87 bits per heavy atom. The van der Waals surface area contributed by atoms with Crippen molar-refractivity contribution in [2.75, 3.05) is 26.0 Å². The summed E-state index contributed by atoms with van der Waals surface area (Å²) >= 11 is 0. The van der Waals surface area contributed by atoms with Crippen LogP contribution in [0.5, 0.6) is 0 Å². The van der Waals surface area contributed by atoms with Crippen molar-refractivity contribution in [1.82, 2.24) is 9.88 Å². The van der Waals surface area contributed by atoms with Crippen molar-refractivity contribution in [1.29, 1.82) is 0 Å². The molecule has 2 rings (SSSR count). The molecule has 0 aliphatic carbocycles. The zero-order valence-corrected chi connectivity index (χ0v) is 9.75. The summed E-state index contributed by atoms with van der Waals surface area (Å²) in [5.74, 6) is 0.955. The van der Waals surface area contributed by atoms with E-state index < -0.39 is 0 Å². The molecule has 1 aliphatic rings. The van der Waals surface area contributed by atoms with E-state index in [0.29, 0.717) is 6.04 Å². The Labute approximate surface area is 91.5 Å². The number of hydrogen-bond donors (Lipinski definition) is 1. The van der Waals surface area contributed by atoms with Gasteiger partial charge in [-0.05, 0) is 50.6 Å². The minimum atomic E-state index is 0.573. The van der Waals surface area contributed by atoms with Crippen LogP contribution in [0.25, 0.3) is 0 Å².